The van der Waals surface area contributed by atoms with Gasteiger partial charge < -0.3 is 26.6 Å². The Morgan fingerprint density at radius 1 is 1.17 bits per heavy atom. The molecule has 3 heterocycles. The number of nitrogens with one attached hydrogen (secondary N) is 1. The molecule has 5 N–H and O–H groups in total. The number of aromatic nitrogens is 2. The van der Waals surface area contributed by atoms with Crippen LogP contribution in [-0.2, 0) is 0 Å². The third-order valence-corrected chi connectivity index (χ3v) is 8.24. The molecule has 2 aliphatic heterocycles. The van der Waals surface area contributed by atoms with Gasteiger partial charge in [-0.05, 0) is 44.7 Å². The molecule has 0 saturated carbocycles. The molecule has 0 unspecified atom stereocenters. The van der Waals surface area contributed by atoms with Gasteiger partial charge in [0.05, 0.1) is 0 Å². The second kappa shape index (κ2) is 14.3. The van der Waals surface area contributed by atoms with E-state index in [1.54, 1.807) is 6.19 Å². The average Bonchev–Trinajstić information content (AvgIpc) is 3.00. The highest BCUT2D eigenvalue weighted by Crippen LogP contribution is 2.30. The molecule has 2 aromatic rings. The SMILES string of the molecule is CC[C@H]1CN(c2nc(N)c(C(=O)NCCCC(N)=NC#N)nc2Cl)CCN1C1CCN(C(=O)c2ccc(C)cc2)CC1. The van der Waals surface area contributed by atoms with E-state index >= 15 is 0 Å². The molecule has 4 rings (SSSR count). The van der Waals surface area contributed by atoms with Crippen molar-refractivity contribution in [2.24, 2.45) is 10.7 Å². The number of amides is 2. The number of amidine groups is 1. The number of likely N-dealkylation sites (tertiary alicyclic amines) is 1. The van der Waals surface area contributed by atoms with Crippen molar-refractivity contribution in [3.8, 4) is 6.19 Å². The molecule has 0 spiro atoms. The predicted octanol–water partition coefficient (Wildman–Crippen LogP) is 2.57. The highest BCUT2D eigenvalue weighted by molar-refractivity contribution is 6.32. The lowest BCUT2D eigenvalue weighted by Crippen LogP contribution is -2.58. The summed E-state index contributed by atoms with van der Waals surface area (Å²) < 4.78 is 0. The first-order valence-electron chi connectivity index (χ1n) is 14.4. The van der Waals surface area contributed by atoms with Crippen molar-refractivity contribution in [1.82, 2.24) is 25.1 Å². The molecule has 42 heavy (non-hydrogen) atoms. The number of piperidine rings is 1. The monoisotopic (exact) mass is 594 g/mol. The van der Waals surface area contributed by atoms with Crippen molar-refractivity contribution in [2.75, 3.05) is 49.9 Å². The van der Waals surface area contributed by atoms with Crippen molar-refractivity contribution in [3.63, 3.8) is 0 Å². The van der Waals surface area contributed by atoms with Gasteiger partial charge in [0.15, 0.2) is 22.5 Å². The lowest BCUT2D eigenvalue weighted by atomic mass is 9.97. The number of aryl methyl sites for hydroxylation is 1. The maximum absolute atomic E-state index is 13.0. The van der Waals surface area contributed by atoms with Gasteiger partial charge in [-0.2, -0.15) is 10.3 Å². The molecule has 0 radical (unpaired) electrons. The first-order chi connectivity index (χ1) is 20.2. The lowest BCUT2D eigenvalue weighted by molar-refractivity contribution is 0.0490. The topological polar surface area (TPSA) is 170 Å². The molecular weight excluding hydrogens is 556 g/mol. The van der Waals surface area contributed by atoms with E-state index in [0.29, 0.717) is 44.3 Å². The summed E-state index contributed by atoms with van der Waals surface area (Å²) in [5, 5.41) is 11.4. The number of piperazine rings is 1. The van der Waals surface area contributed by atoms with E-state index in [4.69, 9.17) is 28.3 Å². The van der Waals surface area contributed by atoms with E-state index in [1.165, 1.54) is 0 Å². The molecule has 12 nitrogen and oxygen atoms in total. The molecule has 1 aromatic carbocycles. The first-order valence-corrected chi connectivity index (χ1v) is 14.8. The van der Waals surface area contributed by atoms with Crippen molar-refractivity contribution in [1.29, 1.82) is 5.26 Å². The number of carbonyl (C=O) groups is 2. The number of anilines is 2. The van der Waals surface area contributed by atoms with E-state index in [9.17, 15) is 9.59 Å². The number of carbonyl (C=O) groups excluding carboxylic acids is 2. The second-order valence-corrected chi connectivity index (χ2v) is 11.1. The highest BCUT2D eigenvalue weighted by atomic mass is 35.5. The molecule has 2 aliphatic rings. The minimum atomic E-state index is -0.479. The molecule has 0 bridgehead atoms. The zero-order chi connectivity index (χ0) is 30.2. The number of nitrogens with zero attached hydrogens (tertiary/aromatic N) is 7. The molecule has 2 fully saturated rings. The fourth-order valence-electron chi connectivity index (χ4n) is 5.65. The quantitative estimate of drug-likeness (QED) is 0.171. The van der Waals surface area contributed by atoms with Crippen LogP contribution in [0, 0.1) is 18.4 Å². The van der Waals surface area contributed by atoms with E-state index in [2.05, 4.69) is 37.0 Å². The summed E-state index contributed by atoms with van der Waals surface area (Å²) in [6.07, 6.45) is 5.33. The summed E-state index contributed by atoms with van der Waals surface area (Å²) in [7, 11) is 0. The van der Waals surface area contributed by atoms with Gasteiger partial charge in [0.1, 0.15) is 5.84 Å². The van der Waals surface area contributed by atoms with Crippen LogP contribution in [0.15, 0.2) is 29.3 Å². The number of nitrogen functional groups attached to an aromatic ring is 1. The van der Waals surface area contributed by atoms with Crippen molar-refractivity contribution >= 4 is 40.9 Å². The Hall–Kier alpha value is -3.95. The normalized spacial score (nSPS) is 18.5. The van der Waals surface area contributed by atoms with Crippen molar-refractivity contribution in [3.05, 3.63) is 46.2 Å². The van der Waals surface area contributed by atoms with Gasteiger partial charge in [-0.25, -0.2) is 9.97 Å². The van der Waals surface area contributed by atoms with E-state index < -0.39 is 5.91 Å². The Balaban J connectivity index is 1.32. The zero-order valence-electron chi connectivity index (χ0n) is 24.2. The molecular formula is C29H39ClN10O2. The molecule has 13 heteroatoms. The number of hydrogen-bond acceptors (Lipinski definition) is 9. The molecule has 0 aliphatic carbocycles. The number of rotatable bonds is 9. The van der Waals surface area contributed by atoms with E-state index in [0.717, 1.165) is 50.0 Å². The van der Waals surface area contributed by atoms with E-state index in [-0.39, 0.29) is 34.4 Å². The van der Waals surface area contributed by atoms with Crippen LogP contribution in [-0.4, -0.2) is 88.8 Å². The second-order valence-electron chi connectivity index (χ2n) is 10.8. The van der Waals surface area contributed by atoms with Gasteiger partial charge in [-0.3, -0.25) is 14.5 Å². The number of aliphatic imine (C=N–C) groups is 1. The molecule has 2 amide bonds. The van der Waals surface area contributed by atoms with Crippen LogP contribution >= 0.6 is 11.6 Å². The Kier molecular flexibility index (Phi) is 10.5. The lowest BCUT2D eigenvalue weighted by Gasteiger charge is -2.47. The van der Waals surface area contributed by atoms with Gasteiger partial charge in [-0.15, -0.1) is 0 Å². The summed E-state index contributed by atoms with van der Waals surface area (Å²) in [6, 6.07) is 8.45. The minimum Gasteiger partial charge on any atom is -0.386 e. The molecule has 1 aromatic heterocycles. The average molecular weight is 595 g/mol. The Labute approximate surface area is 251 Å². The largest absolute Gasteiger partial charge is 0.386 e. The van der Waals surface area contributed by atoms with Gasteiger partial charge in [0.2, 0.25) is 6.19 Å². The van der Waals surface area contributed by atoms with Crippen LogP contribution in [0.2, 0.25) is 5.15 Å². The van der Waals surface area contributed by atoms with Crippen molar-refractivity contribution in [2.45, 2.75) is 58.0 Å². The maximum Gasteiger partial charge on any atom is 0.273 e. The Morgan fingerprint density at radius 3 is 2.55 bits per heavy atom. The third-order valence-electron chi connectivity index (χ3n) is 7.99. The van der Waals surface area contributed by atoms with Crippen LogP contribution in [0.5, 0.6) is 0 Å². The number of nitrogens with two attached hydrogens (primary N) is 2. The summed E-state index contributed by atoms with van der Waals surface area (Å²) in [5.41, 5.74) is 13.6. The fourth-order valence-corrected chi connectivity index (χ4v) is 5.89. The number of halogens is 1. The first kappa shape index (κ1) is 31.0. The molecule has 2 saturated heterocycles. The van der Waals surface area contributed by atoms with E-state index in [1.807, 2.05) is 36.1 Å². The van der Waals surface area contributed by atoms with Crippen molar-refractivity contribution < 1.29 is 9.59 Å². The maximum atomic E-state index is 13.0. The van der Waals surface area contributed by atoms with Gasteiger partial charge in [0, 0.05) is 63.3 Å². The van der Waals surface area contributed by atoms with Gasteiger partial charge in [0.25, 0.3) is 11.8 Å². The Morgan fingerprint density at radius 2 is 1.88 bits per heavy atom. The minimum absolute atomic E-state index is 0.0125. The standard InChI is InChI=1S/C29H39ClN10O2/c1-3-21-17-39(27-25(30)36-24(26(33)37-27)28(41)34-12-4-5-23(32)35-18-31)15-16-40(21)22-10-13-38(14-11-22)29(42)20-8-6-19(2)7-9-20/h6-9,21-22H,3-5,10-17H2,1-2H3,(H2,32,35)(H2,33,37)(H,34,41)/t21-/m0/s1. The summed E-state index contributed by atoms with van der Waals surface area (Å²) >= 11 is 6.53. The molecule has 1 atom stereocenters. The third kappa shape index (κ3) is 7.46. The summed E-state index contributed by atoms with van der Waals surface area (Å²) in [5.74, 6) is 0.319. The summed E-state index contributed by atoms with van der Waals surface area (Å²) in [6.45, 7) is 8.22. The van der Waals surface area contributed by atoms with Gasteiger partial charge >= 0.3 is 0 Å². The highest BCUT2D eigenvalue weighted by Gasteiger charge is 2.35. The summed E-state index contributed by atoms with van der Waals surface area (Å²) in [4.78, 5) is 44.4. The fraction of sp³-hybridized carbons (Fsp3) is 0.517. The number of benzene rings is 1. The van der Waals surface area contributed by atoms with Crippen LogP contribution in [0.25, 0.3) is 0 Å². The zero-order valence-corrected chi connectivity index (χ0v) is 25.0. The van der Waals surface area contributed by atoms with Crippen LogP contribution in [0.1, 0.15) is 65.4 Å². The van der Waals surface area contributed by atoms with Crippen LogP contribution < -0.4 is 21.7 Å². The van der Waals surface area contributed by atoms with Gasteiger partial charge in [-0.1, -0.05) is 36.2 Å². The van der Waals surface area contributed by atoms with Crippen LogP contribution in [0.3, 0.4) is 0 Å². The number of nitriles is 1. The number of hydrogen-bond donors (Lipinski definition) is 3. The predicted molar refractivity (Wildman–Crippen MR) is 163 cm³/mol. The van der Waals surface area contributed by atoms with Crippen LogP contribution in [0.4, 0.5) is 11.6 Å². The molecule has 224 valence electrons. The Bertz CT molecular complexity index is 1340. The smallest absolute Gasteiger partial charge is 0.273 e.